The Balaban J connectivity index is 2.73. The molecule has 1 rings (SSSR count). The molecule has 1 aliphatic heterocycles. The Morgan fingerprint density at radius 3 is 2.27 bits per heavy atom. The van der Waals surface area contributed by atoms with Crippen molar-refractivity contribution in [3.8, 4) is 0 Å². The summed E-state index contributed by atoms with van der Waals surface area (Å²) in [4.78, 5) is 10.8. The van der Waals surface area contributed by atoms with Gasteiger partial charge in [0.1, 0.15) is 12.2 Å². The highest BCUT2D eigenvalue weighted by atomic mass is 19.3. The van der Waals surface area contributed by atoms with Crippen LogP contribution in [0.25, 0.3) is 0 Å². The molecule has 0 aromatic rings. The van der Waals surface area contributed by atoms with E-state index < -0.39 is 24.6 Å². The Kier molecular flexibility index (Phi) is 1.75. The van der Waals surface area contributed by atoms with E-state index in [0.717, 1.165) is 0 Å². The highest BCUT2D eigenvalue weighted by molar-refractivity contribution is 5.84. The maximum Gasteiger partial charge on any atom is 0.274 e. The van der Waals surface area contributed by atoms with Crippen molar-refractivity contribution >= 4 is 5.78 Å². The molecule has 0 bridgehead atoms. The second-order valence-corrected chi connectivity index (χ2v) is 3.11. The number of rotatable bonds is 1. The van der Waals surface area contributed by atoms with E-state index in [0.29, 0.717) is 0 Å². The first-order valence-corrected chi connectivity index (χ1v) is 3.39. The number of hydrogen-bond acceptors (Lipinski definition) is 2. The molecule has 2 nitrogen and oxygen atoms in total. The maximum atomic E-state index is 12.5. The van der Waals surface area contributed by atoms with Crippen LogP contribution in [0.3, 0.4) is 0 Å². The lowest BCUT2D eigenvalue weighted by molar-refractivity contribution is -0.134. The SMILES string of the molecule is CC(=O)[C@@]1(C)CC(F)(F)CO1. The van der Waals surface area contributed by atoms with E-state index in [1.807, 2.05) is 0 Å². The highest BCUT2D eigenvalue weighted by Gasteiger charge is 2.50. The number of halogens is 2. The summed E-state index contributed by atoms with van der Waals surface area (Å²) in [7, 11) is 0. The number of hydrogen-bond donors (Lipinski definition) is 0. The van der Waals surface area contributed by atoms with Gasteiger partial charge in [0.05, 0.1) is 0 Å². The number of carbonyl (C=O) groups is 1. The molecule has 1 heterocycles. The van der Waals surface area contributed by atoms with Crippen molar-refractivity contribution in [3.05, 3.63) is 0 Å². The van der Waals surface area contributed by atoms with Crippen LogP contribution in [0.4, 0.5) is 8.78 Å². The summed E-state index contributed by atoms with van der Waals surface area (Å²) in [5.74, 6) is -3.17. The van der Waals surface area contributed by atoms with E-state index in [2.05, 4.69) is 0 Å². The topological polar surface area (TPSA) is 26.3 Å². The van der Waals surface area contributed by atoms with Gasteiger partial charge in [-0.25, -0.2) is 8.78 Å². The average molecular weight is 164 g/mol. The van der Waals surface area contributed by atoms with Gasteiger partial charge in [-0.15, -0.1) is 0 Å². The van der Waals surface area contributed by atoms with Crippen LogP contribution in [0.5, 0.6) is 0 Å². The smallest absolute Gasteiger partial charge is 0.274 e. The van der Waals surface area contributed by atoms with E-state index in [1.54, 1.807) is 0 Å². The molecule has 0 unspecified atom stereocenters. The summed E-state index contributed by atoms with van der Waals surface area (Å²) >= 11 is 0. The van der Waals surface area contributed by atoms with E-state index in [9.17, 15) is 13.6 Å². The molecule has 0 amide bonds. The molecule has 0 spiro atoms. The molecule has 0 aromatic heterocycles. The average Bonchev–Trinajstić information content (AvgIpc) is 2.08. The molecule has 0 radical (unpaired) electrons. The van der Waals surface area contributed by atoms with Crippen LogP contribution in [-0.4, -0.2) is 23.9 Å². The van der Waals surface area contributed by atoms with Crippen LogP contribution in [0.15, 0.2) is 0 Å². The molecule has 1 fully saturated rings. The fraction of sp³-hybridized carbons (Fsp3) is 0.857. The Bertz CT molecular complexity index is 191. The Morgan fingerprint density at radius 1 is 1.55 bits per heavy atom. The van der Waals surface area contributed by atoms with E-state index in [4.69, 9.17) is 4.74 Å². The first kappa shape index (κ1) is 8.59. The predicted octanol–water partition coefficient (Wildman–Crippen LogP) is 1.39. The zero-order chi connectivity index (χ0) is 8.70. The molecule has 64 valence electrons. The van der Waals surface area contributed by atoms with Gasteiger partial charge in [-0.3, -0.25) is 4.79 Å². The van der Waals surface area contributed by atoms with Crippen LogP contribution in [-0.2, 0) is 9.53 Å². The van der Waals surface area contributed by atoms with Gasteiger partial charge in [-0.2, -0.15) is 0 Å². The largest absolute Gasteiger partial charge is 0.361 e. The summed E-state index contributed by atoms with van der Waals surface area (Å²) in [6, 6.07) is 0. The summed E-state index contributed by atoms with van der Waals surface area (Å²) in [6.07, 6.45) is -0.491. The van der Waals surface area contributed by atoms with Crippen LogP contribution in [0.1, 0.15) is 20.3 Å². The number of ketones is 1. The van der Waals surface area contributed by atoms with Crippen LogP contribution in [0.2, 0.25) is 0 Å². The van der Waals surface area contributed by atoms with Crippen molar-refractivity contribution in [1.29, 1.82) is 0 Å². The summed E-state index contributed by atoms with van der Waals surface area (Å²) in [5, 5.41) is 0. The lowest BCUT2D eigenvalue weighted by Crippen LogP contribution is -2.33. The van der Waals surface area contributed by atoms with Crippen LogP contribution >= 0.6 is 0 Å². The Morgan fingerprint density at radius 2 is 2.09 bits per heavy atom. The van der Waals surface area contributed by atoms with Gasteiger partial charge in [0.2, 0.25) is 0 Å². The van der Waals surface area contributed by atoms with Crippen molar-refractivity contribution < 1.29 is 18.3 Å². The van der Waals surface area contributed by atoms with Crippen molar-refractivity contribution in [2.24, 2.45) is 0 Å². The van der Waals surface area contributed by atoms with Crippen molar-refractivity contribution in [2.75, 3.05) is 6.61 Å². The molecular formula is C7H10F2O2. The second-order valence-electron chi connectivity index (χ2n) is 3.11. The van der Waals surface area contributed by atoms with Gasteiger partial charge in [-0.05, 0) is 13.8 Å². The van der Waals surface area contributed by atoms with Crippen molar-refractivity contribution in [2.45, 2.75) is 31.8 Å². The minimum atomic E-state index is -2.83. The zero-order valence-electron chi connectivity index (χ0n) is 6.49. The third kappa shape index (κ3) is 1.56. The standard InChI is InChI=1S/C7H10F2O2/c1-5(10)6(2)3-7(8,9)4-11-6/h3-4H2,1-2H3/t6-/m1/s1. The second kappa shape index (κ2) is 2.24. The Labute approximate surface area is 63.5 Å². The molecule has 0 saturated carbocycles. The molecular weight excluding hydrogens is 154 g/mol. The normalized spacial score (nSPS) is 35.6. The fourth-order valence-electron chi connectivity index (χ4n) is 1.09. The number of ether oxygens (including phenoxy) is 1. The number of carbonyl (C=O) groups excluding carboxylic acids is 1. The van der Waals surface area contributed by atoms with Gasteiger partial charge < -0.3 is 4.74 Å². The van der Waals surface area contributed by atoms with E-state index >= 15 is 0 Å². The molecule has 0 N–H and O–H groups in total. The summed E-state index contributed by atoms with van der Waals surface area (Å²) in [6.45, 7) is 2.03. The summed E-state index contributed by atoms with van der Waals surface area (Å²) < 4.78 is 29.8. The van der Waals surface area contributed by atoms with E-state index in [-0.39, 0.29) is 5.78 Å². The van der Waals surface area contributed by atoms with Gasteiger partial charge >= 0.3 is 0 Å². The first-order chi connectivity index (χ1) is 4.86. The zero-order valence-corrected chi connectivity index (χ0v) is 6.49. The lowest BCUT2D eigenvalue weighted by Gasteiger charge is -2.17. The molecule has 1 aliphatic rings. The number of Topliss-reactive ketones (excluding diaryl/α,β-unsaturated/α-hetero) is 1. The fourth-order valence-corrected chi connectivity index (χ4v) is 1.09. The number of alkyl halides is 2. The van der Waals surface area contributed by atoms with E-state index in [1.165, 1.54) is 13.8 Å². The molecule has 11 heavy (non-hydrogen) atoms. The summed E-state index contributed by atoms with van der Waals surface area (Å²) in [5.41, 5.74) is -1.26. The minimum absolute atomic E-state index is 0.338. The monoisotopic (exact) mass is 164 g/mol. The quantitative estimate of drug-likeness (QED) is 0.585. The first-order valence-electron chi connectivity index (χ1n) is 3.39. The van der Waals surface area contributed by atoms with Crippen LogP contribution < -0.4 is 0 Å². The molecule has 0 aromatic carbocycles. The predicted molar refractivity (Wildman–Crippen MR) is 34.6 cm³/mol. The third-order valence-electron chi connectivity index (χ3n) is 1.94. The molecule has 1 atom stereocenters. The van der Waals surface area contributed by atoms with Gasteiger partial charge in [-0.1, -0.05) is 0 Å². The van der Waals surface area contributed by atoms with Crippen molar-refractivity contribution in [1.82, 2.24) is 0 Å². The molecule has 0 aliphatic carbocycles. The van der Waals surface area contributed by atoms with Crippen LogP contribution in [0, 0.1) is 0 Å². The lowest BCUT2D eigenvalue weighted by atomic mass is 9.97. The maximum absolute atomic E-state index is 12.5. The Hall–Kier alpha value is -0.510. The van der Waals surface area contributed by atoms with Gasteiger partial charge in [0.25, 0.3) is 5.92 Å². The molecule has 1 saturated heterocycles. The van der Waals surface area contributed by atoms with Crippen molar-refractivity contribution in [3.63, 3.8) is 0 Å². The minimum Gasteiger partial charge on any atom is -0.361 e. The molecule has 4 heteroatoms. The van der Waals surface area contributed by atoms with Gasteiger partial charge in [0.15, 0.2) is 5.78 Å². The third-order valence-corrected chi connectivity index (χ3v) is 1.94. The highest BCUT2D eigenvalue weighted by Crippen LogP contribution is 2.37. The van der Waals surface area contributed by atoms with Gasteiger partial charge in [0, 0.05) is 6.42 Å².